The molecule has 5 rings (SSSR count). The summed E-state index contributed by atoms with van der Waals surface area (Å²) in [6, 6.07) is 13.2. The highest BCUT2D eigenvalue weighted by atomic mass is 32.1. The number of carbonyl (C=O) groups is 1. The van der Waals surface area contributed by atoms with Gasteiger partial charge in [-0.05, 0) is 49.6 Å². The van der Waals surface area contributed by atoms with Crippen LogP contribution in [0.2, 0.25) is 0 Å². The molecule has 2 aliphatic rings. The Kier molecular flexibility index (Phi) is 5.52. The molecular formula is C24H27FN4OS. The predicted octanol–water partition coefficient (Wildman–Crippen LogP) is 4.31. The van der Waals surface area contributed by atoms with E-state index in [4.69, 9.17) is 4.98 Å². The van der Waals surface area contributed by atoms with Crippen LogP contribution in [0, 0.1) is 18.7 Å². The van der Waals surface area contributed by atoms with Crippen LogP contribution in [0.5, 0.6) is 0 Å². The Balaban J connectivity index is 1.23. The molecule has 5 nitrogen and oxygen atoms in total. The third kappa shape index (κ3) is 4.11. The summed E-state index contributed by atoms with van der Waals surface area (Å²) in [6.07, 6.45) is 1.92. The summed E-state index contributed by atoms with van der Waals surface area (Å²) in [5, 5.41) is 1.02. The summed E-state index contributed by atoms with van der Waals surface area (Å²) in [7, 11) is 0. The molecule has 0 saturated carbocycles. The molecule has 1 aromatic heterocycles. The van der Waals surface area contributed by atoms with Gasteiger partial charge < -0.3 is 14.7 Å². The zero-order valence-corrected chi connectivity index (χ0v) is 18.6. The number of hydrogen-bond donors (Lipinski definition) is 0. The topological polar surface area (TPSA) is 39.7 Å². The largest absolute Gasteiger partial charge is 0.366 e. The number of para-hydroxylation sites is 1. The van der Waals surface area contributed by atoms with E-state index in [2.05, 4.69) is 30.0 Å². The van der Waals surface area contributed by atoms with E-state index < -0.39 is 0 Å². The number of hydrogen-bond acceptors (Lipinski definition) is 5. The van der Waals surface area contributed by atoms with Crippen molar-refractivity contribution in [2.24, 2.45) is 5.92 Å². The molecule has 3 aromatic rings. The number of thiazole rings is 1. The first-order chi connectivity index (χ1) is 15.1. The normalized spacial score (nSPS) is 19.8. The third-order valence-corrected chi connectivity index (χ3v) is 7.44. The van der Waals surface area contributed by atoms with E-state index in [1.54, 1.807) is 17.4 Å². The Bertz CT molecular complexity index is 1090. The highest BCUT2D eigenvalue weighted by Crippen LogP contribution is 2.32. The highest BCUT2D eigenvalue weighted by Gasteiger charge is 2.32. The quantitative estimate of drug-likeness (QED) is 0.611. The number of benzene rings is 2. The number of nitrogens with zero attached hydrogens (tertiary/aromatic N) is 4. The number of halogens is 1. The molecule has 1 atom stereocenters. The molecule has 31 heavy (non-hydrogen) atoms. The maximum atomic E-state index is 14.1. The van der Waals surface area contributed by atoms with Crippen molar-refractivity contribution in [3.05, 3.63) is 53.8 Å². The molecule has 162 valence electrons. The molecule has 2 fully saturated rings. The molecule has 1 unspecified atom stereocenters. The molecule has 2 aromatic carbocycles. The summed E-state index contributed by atoms with van der Waals surface area (Å²) in [6.45, 7) is 6.39. The maximum Gasteiger partial charge on any atom is 0.227 e. The number of amides is 1. The number of aromatic nitrogens is 1. The fraction of sp³-hybridized carbons (Fsp3) is 0.417. The molecule has 0 aliphatic carbocycles. The minimum atomic E-state index is -0.198. The molecule has 0 radical (unpaired) electrons. The second kappa shape index (κ2) is 8.46. The van der Waals surface area contributed by atoms with E-state index >= 15 is 0 Å². The summed E-state index contributed by atoms with van der Waals surface area (Å²) in [5.41, 5.74) is 2.90. The average Bonchev–Trinajstić information content (AvgIpc) is 3.22. The first kappa shape index (κ1) is 20.2. The second-order valence-corrected chi connectivity index (χ2v) is 9.53. The number of carbonyl (C=O) groups excluding carboxylic acids is 1. The Morgan fingerprint density at radius 1 is 1.06 bits per heavy atom. The fourth-order valence-corrected chi connectivity index (χ4v) is 5.74. The van der Waals surface area contributed by atoms with Gasteiger partial charge in [0.05, 0.1) is 21.8 Å². The van der Waals surface area contributed by atoms with E-state index in [0.717, 1.165) is 36.6 Å². The lowest BCUT2D eigenvalue weighted by atomic mass is 9.96. The first-order valence-corrected chi connectivity index (χ1v) is 11.8. The first-order valence-electron chi connectivity index (χ1n) is 11.0. The van der Waals surface area contributed by atoms with Gasteiger partial charge in [0.25, 0.3) is 0 Å². The SMILES string of the molecule is Cc1ccc2nc(N3CCCC(C(=O)N4CCN(c5ccccc5F)CC4)C3)sc2c1. The minimum absolute atomic E-state index is 0.00232. The van der Waals surface area contributed by atoms with Crippen molar-refractivity contribution in [1.82, 2.24) is 9.88 Å². The zero-order chi connectivity index (χ0) is 21.4. The number of aryl methyl sites for hydroxylation is 1. The molecule has 0 N–H and O–H groups in total. The molecule has 1 amide bonds. The van der Waals surface area contributed by atoms with Crippen molar-refractivity contribution in [3.63, 3.8) is 0 Å². The van der Waals surface area contributed by atoms with Crippen LogP contribution in [0.25, 0.3) is 10.2 Å². The Hall–Kier alpha value is -2.67. The van der Waals surface area contributed by atoms with Crippen molar-refractivity contribution < 1.29 is 9.18 Å². The number of piperidine rings is 1. The van der Waals surface area contributed by atoms with Gasteiger partial charge in [0.15, 0.2) is 5.13 Å². The molecule has 0 bridgehead atoms. The molecule has 2 saturated heterocycles. The summed E-state index contributed by atoms with van der Waals surface area (Å²) in [5.74, 6) is 0.0357. The molecular weight excluding hydrogens is 411 g/mol. The van der Waals surface area contributed by atoms with Gasteiger partial charge in [0, 0.05) is 39.3 Å². The Morgan fingerprint density at radius 2 is 1.87 bits per heavy atom. The lowest BCUT2D eigenvalue weighted by molar-refractivity contribution is -0.136. The van der Waals surface area contributed by atoms with Gasteiger partial charge in [0.1, 0.15) is 5.82 Å². The standard InChI is InChI=1S/C24H27FN4OS/c1-17-8-9-20-22(15-17)31-24(26-20)29-10-4-5-18(16-29)23(30)28-13-11-27(12-14-28)21-7-3-2-6-19(21)25/h2-3,6-9,15,18H,4-5,10-14,16H2,1H3. The van der Waals surface area contributed by atoms with Crippen molar-refractivity contribution in [1.29, 1.82) is 0 Å². The van der Waals surface area contributed by atoms with E-state index in [1.165, 1.54) is 16.3 Å². The van der Waals surface area contributed by atoms with Gasteiger partial charge in [0.2, 0.25) is 5.91 Å². The second-order valence-electron chi connectivity index (χ2n) is 8.52. The van der Waals surface area contributed by atoms with Gasteiger partial charge >= 0.3 is 0 Å². The van der Waals surface area contributed by atoms with Gasteiger partial charge in [-0.25, -0.2) is 9.37 Å². The van der Waals surface area contributed by atoms with Crippen LogP contribution in [-0.4, -0.2) is 55.1 Å². The summed E-state index contributed by atoms with van der Waals surface area (Å²) < 4.78 is 15.3. The Labute approximate surface area is 186 Å². The van der Waals surface area contributed by atoms with E-state index in [-0.39, 0.29) is 17.6 Å². The lowest BCUT2D eigenvalue weighted by Gasteiger charge is -2.39. The summed E-state index contributed by atoms with van der Waals surface area (Å²) >= 11 is 1.71. The molecule has 2 aliphatic heterocycles. The van der Waals surface area contributed by atoms with Gasteiger partial charge in [-0.2, -0.15) is 0 Å². The van der Waals surface area contributed by atoms with Crippen LogP contribution in [0.3, 0.4) is 0 Å². The maximum absolute atomic E-state index is 14.1. The number of fused-ring (bicyclic) bond motifs is 1. The van der Waals surface area contributed by atoms with Crippen molar-refractivity contribution in [3.8, 4) is 0 Å². The molecule has 7 heteroatoms. The van der Waals surface area contributed by atoms with E-state index in [0.29, 0.717) is 31.9 Å². The van der Waals surface area contributed by atoms with Crippen LogP contribution in [0.15, 0.2) is 42.5 Å². The Morgan fingerprint density at radius 3 is 2.68 bits per heavy atom. The predicted molar refractivity (Wildman–Crippen MR) is 124 cm³/mol. The molecule has 3 heterocycles. The van der Waals surface area contributed by atoms with Crippen LogP contribution >= 0.6 is 11.3 Å². The monoisotopic (exact) mass is 438 g/mol. The van der Waals surface area contributed by atoms with Crippen molar-refractivity contribution >= 4 is 38.3 Å². The lowest BCUT2D eigenvalue weighted by Crippen LogP contribution is -2.52. The smallest absolute Gasteiger partial charge is 0.227 e. The average molecular weight is 439 g/mol. The minimum Gasteiger partial charge on any atom is -0.366 e. The molecule has 0 spiro atoms. The van der Waals surface area contributed by atoms with Crippen LogP contribution < -0.4 is 9.80 Å². The van der Waals surface area contributed by atoms with Crippen molar-refractivity contribution in [2.75, 3.05) is 49.1 Å². The van der Waals surface area contributed by atoms with Crippen LogP contribution in [0.4, 0.5) is 15.2 Å². The van der Waals surface area contributed by atoms with E-state index in [1.807, 2.05) is 21.9 Å². The van der Waals surface area contributed by atoms with E-state index in [9.17, 15) is 9.18 Å². The number of anilines is 2. The van der Waals surface area contributed by atoms with Crippen LogP contribution in [0.1, 0.15) is 18.4 Å². The number of rotatable bonds is 3. The van der Waals surface area contributed by atoms with Gasteiger partial charge in [-0.1, -0.05) is 29.5 Å². The van der Waals surface area contributed by atoms with Gasteiger partial charge in [-0.15, -0.1) is 0 Å². The number of piperazine rings is 1. The summed E-state index contributed by atoms with van der Waals surface area (Å²) in [4.78, 5) is 24.3. The van der Waals surface area contributed by atoms with Crippen molar-refractivity contribution in [2.45, 2.75) is 19.8 Å². The zero-order valence-electron chi connectivity index (χ0n) is 17.8. The fourth-order valence-electron chi connectivity index (χ4n) is 4.64. The highest BCUT2D eigenvalue weighted by molar-refractivity contribution is 7.22. The third-order valence-electron chi connectivity index (χ3n) is 6.36. The van der Waals surface area contributed by atoms with Gasteiger partial charge in [-0.3, -0.25) is 4.79 Å². The van der Waals surface area contributed by atoms with Crippen LogP contribution in [-0.2, 0) is 4.79 Å².